The SMILES string of the molecule is O=S(=O)(O)C(O)=Cc1ccccc1. The Morgan fingerprint density at radius 2 is 1.77 bits per heavy atom. The second kappa shape index (κ2) is 3.59. The Labute approximate surface area is 75.9 Å². The van der Waals surface area contributed by atoms with Crippen molar-refractivity contribution in [2.24, 2.45) is 0 Å². The maximum absolute atomic E-state index is 10.4. The first-order chi connectivity index (χ1) is 6.00. The highest BCUT2D eigenvalue weighted by Gasteiger charge is 2.10. The first kappa shape index (κ1) is 9.76. The monoisotopic (exact) mass is 200 g/mol. The summed E-state index contributed by atoms with van der Waals surface area (Å²) in [5.41, 5.74) is 0.498. The first-order valence-corrected chi connectivity index (χ1v) is 4.87. The lowest BCUT2D eigenvalue weighted by molar-refractivity contribution is 0.409. The van der Waals surface area contributed by atoms with Crippen LogP contribution in [-0.2, 0) is 10.1 Å². The molecule has 70 valence electrons. The van der Waals surface area contributed by atoms with Gasteiger partial charge in [0.05, 0.1) is 0 Å². The normalized spacial score (nSPS) is 12.8. The number of hydrogen-bond donors (Lipinski definition) is 2. The molecule has 0 spiro atoms. The molecule has 0 aliphatic heterocycles. The highest BCUT2D eigenvalue weighted by molar-refractivity contribution is 7.89. The molecule has 1 aromatic carbocycles. The Bertz CT molecular complexity index is 405. The molecule has 2 N–H and O–H groups in total. The predicted octanol–water partition coefficient (Wildman–Crippen LogP) is 1.43. The second-order valence-electron chi connectivity index (χ2n) is 2.37. The van der Waals surface area contributed by atoms with Crippen LogP contribution in [0, 0.1) is 0 Å². The molecule has 0 atom stereocenters. The molecule has 5 heteroatoms. The van der Waals surface area contributed by atoms with Crippen LogP contribution in [0.25, 0.3) is 6.08 Å². The maximum atomic E-state index is 10.4. The van der Waals surface area contributed by atoms with Crippen molar-refractivity contribution in [3.05, 3.63) is 41.0 Å². The highest BCUT2D eigenvalue weighted by atomic mass is 32.2. The van der Waals surface area contributed by atoms with Gasteiger partial charge in [0.25, 0.3) is 0 Å². The minimum Gasteiger partial charge on any atom is -0.497 e. The van der Waals surface area contributed by atoms with E-state index < -0.39 is 15.2 Å². The Morgan fingerprint density at radius 3 is 2.23 bits per heavy atom. The van der Waals surface area contributed by atoms with Gasteiger partial charge >= 0.3 is 10.1 Å². The van der Waals surface area contributed by atoms with Crippen molar-refractivity contribution >= 4 is 16.2 Å². The molecule has 1 rings (SSSR count). The average Bonchev–Trinajstić information content (AvgIpc) is 2.04. The second-order valence-corrected chi connectivity index (χ2v) is 3.74. The molecule has 0 radical (unpaired) electrons. The van der Waals surface area contributed by atoms with Crippen molar-refractivity contribution in [1.82, 2.24) is 0 Å². The molecule has 0 unspecified atom stereocenters. The minimum absolute atomic E-state index is 0.498. The topological polar surface area (TPSA) is 74.6 Å². The van der Waals surface area contributed by atoms with Gasteiger partial charge in [0.1, 0.15) is 0 Å². The zero-order chi connectivity index (χ0) is 9.90. The number of benzene rings is 1. The number of aliphatic hydroxyl groups is 1. The molecule has 13 heavy (non-hydrogen) atoms. The zero-order valence-electron chi connectivity index (χ0n) is 6.58. The van der Waals surface area contributed by atoms with Gasteiger partial charge < -0.3 is 5.11 Å². The molecule has 1 aromatic rings. The third-order valence-electron chi connectivity index (χ3n) is 1.35. The summed E-state index contributed by atoms with van der Waals surface area (Å²) in [5, 5.41) is 7.81. The van der Waals surface area contributed by atoms with Crippen molar-refractivity contribution < 1.29 is 18.1 Å². The van der Waals surface area contributed by atoms with E-state index in [0.29, 0.717) is 5.56 Å². The molecule has 0 bridgehead atoms. The van der Waals surface area contributed by atoms with Crippen LogP contribution in [0.4, 0.5) is 0 Å². The van der Waals surface area contributed by atoms with E-state index in [9.17, 15) is 8.42 Å². The van der Waals surface area contributed by atoms with Crippen LogP contribution in [0.5, 0.6) is 0 Å². The summed E-state index contributed by atoms with van der Waals surface area (Å²) in [6, 6.07) is 8.32. The average molecular weight is 200 g/mol. The molecular formula is C8H8O4S. The largest absolute Gasteiger partial charge is 0.497 e. The lowest BCUT2D eigenvalue weighted by Crippen LogP contribution is -2.00. The summed E-state index contributed by atoms with van der Waals surface area (Å²) in [7, 11) is -4.48. The molecule has 0 aromatic heterocycles. The fraction of sp³-hybridized carbons (Fsp3) is 0. The van der Waals surface area contributed by atoms with E-state index in [0.717, 1.165) is 6.08 Å². The molecule has 0 fully saturated rings. The van der Waals surface area contributed by atoms with E-state index in [1.54, 1.807) is 30.3 Å². The van der Waals surface area contributed by atoms with Crippen molar-refractivity contribution in [1.29, 1.82) is 0 Å². The van der Waals surface area contributed by atoms with Crippen LogP contribution in [0.3, 0.4) is 0 Å². The van der Waals surface area contributed by atoms with Crippen LogP contribution in [-0.4, -0.2) is 18.1 Å². The zero-order valence-corrected chi connectivity index (χ0v) is 7.40. The standard InChI is InChI=1S/C8H8O4S/c9-8(13(10,11)12)6-7-4-2-1-3-5-7/h1-6,9H,(H,10,11,12). The summed E-state index contributed by atoms with van der Waals surface area (Å²) < 4.78 is 29.1. The minimum atomic E-state index is -4.48. The van der Waals surface area contributed by atoms with Crippen molar-refractivity contribution in [2.45, 2.75) is 0 Å². The Morgan fingerprint density at radius 1 is 1.23 bits per heavy atom. The van der Waals surface area contributed by atoms with Gasteiger partial charge in [0, 0.05) is 6.08 Å². The molecular weight excluding hydrogens is 192 g/mol. The van der Waals surface area contributed by atoms with E-state index in [-0.39, 0.29) is 0 Å². The van der Waals surface area contributed by atoms with E-state index in [1.165, 1.54) is 0 Å². The number of hydrogen-bond acceptors (Lipinski definition) is 3. The van der Waals surface area contributed by atoms with E-state index >= 15 is 0 Å². The van der Waals surface area contributed by atoms with Gasteiger partial charge in [-0.2, -0.15) is 8.42 Å². The number of aliphatic hydroxyl groups excluding tert-OH is 1. The van der Waals surface area contributed by atoms with Crippen LogP contribution >= 0.6 is 0 Å². The summed E-state index contributed by atoms with van der Waals surface area (Å²) >= 11 is 0. The molecule has 0 saturated carbocycles. The van der Waals surface area contributed by atoms with Gasteiger partial charge in [-0.15, -0.1) is 0 Å². The van der Waals surface area contributed by atoms with Crippen LogP contribution in [0.1, 0.15) is 5.56 Å². The third-order valence-corrected chi connectivity index (χ3v) is 2.00. The van der Waals surface area contributed by atoms with Crippen LogP contribution in [0.15, 0.2) is 35.4 Å². The molecule has 0 saturated heterocycles. The summed E-state index contributed by atoms with van der Waals surface area (Å²) in [6.45, 7) is 0. The van der Waals surface area contributed by atoms with Crippen LogP contribution < -0.4 is 0 Å². The van der Waals surface area contributed by atoms with Gasteiger partial charge in [0.15, 0.2) is 0 Å². The predicted molar refractivity (Wildman–Crippen MR) is 48.6 cm³/mol. The third kappa shape index (κ3) is 2.89. The fourth-order valence-corrected chi connectivity index (χ4v) is 1.05. The fourth-order valence-electron chi connectivity index (χ4n) is 0.766. The van der Waals surface area contributed by atoms with Crippen LogP contribution in [0.2, 0.25) is 0 Å². The van der Waals surface area contributed by atoms with E-state index in [1.807, 2.05) is 0 Å². The van der Waals surface area contributed by atoms with Crippen molar-refractivity contribution in [3.8, 4) is 0 Å². The molecule has 0 heterocycles. The summed E-state index contributed by atoms with van der Waals surface area (Å²) in [6.07, 6.45) is 0.968. The Kier molecular flexibility index (Phi) is 2.69. The Hall–Kier alpha value is -1.33. The summed E-state index contributed by atoms with van der Waals surface area (Å²) in [5.74, 6) is 0. The van der Waals surface area contributed by atoms with E-state index in [4.69, 9.17) is 9.66 Å². The van der Waals surface area contributed by atoms with Gasteiger partial charge in [0.2, 0.25) is 5.09 Å². The van der Waals surface area contributed by atoms with Gasteiger partial charge in [-0.1, -0.05) is 30.3 Å². The van der Waals surface area contributed by atoms with Crippen molar-refractivity contribution in [3.63, 3.8) is 0 Å². The van der Waals surface area contributed by atoms with Gasteiger partial charge in [-0.05, 0) is 5.56 Å². The smallest absolute Gasteiger partial charge is 0.327 e. The maximum Gasteiger partial charge on any atom is 0.327 e. The highest BCUT2D eigenvalue weighted by Crippen LogP contribution is 2.07. The molecule has 0 amide bonds. The molecule has 0 aliphatic rings. The lowest BCUT2D eigenvalue weighted by atomic mass is 10.2. The quantitative estimate of drug-likeness (QED) is 0.559. The molecule has 0 aliphatic carbocycles. The number of rotatable bonds is 2. The first-order valence-electron chi connectivity index (χ1n) is 3.43. The lowest BCUT2D eigenvalue weighted by Gasteiger charge is -1.94. The molecule has 4 nitrogen and oxygen atoms in total. The van der Waals surface area contributed by atoms with Gasteiger partial charge in [-0.3, -0.25) is 4.55 Å². The van der Waals surface area contributed by atoms with E-state index in [2.05, 4.69) is 0 Å². The summed E-state index contributed by atoms with van der Waals surface area (Å²) in [4.78, 5) is 0. The Balaban J connectivity index is 3.04. The van der Waals surface area contributed by atoms with Gasteiger partial charge in [-0.25, -0.2) is 0 Å². The van der Waals surface area contributed by atoms with Crippen molar-refractivity contribution in [2.75, 3.05) is 0 Å².